The average Bonchev–Trinajstić information content (AvgIpc) is 2.69. The first kappa shape index (κ1) is 30.0. The van der Waals surface area contributed by atoms with E-state index in [1.165, 1.54) is 0 Å². The Kier molecular flexibility index (Phi) is 18.8. The Balaban J connectivity index is 0. The molecule has 0 spiro atoms. The molecule has 12 nitrogen and oxygen atoms in total. The van der Waals surface area contributed by atoms with Crippen molar-refractivity contribution in [2.75, 3.05) is 11.5 Å². The number of rotatable bonds is 8. The van der Waals surface area contributed by atoms with Gasteiger partial charge >= 0.3 is 11.9 Å². The predicted octanol–water partition coefficient (Wildman–Crippen LogP) is -1.85. The number of aliphatic carboxylic acids is 4. The van der Waals surface area contributed by atoms with Crippen molar-refractivity contribution >= 4 is 35.3 Å². The molecule has 2 rings (SSSR count). The third kappa shape index (κ3) is 28.0. The van der Waals surface area contributed by atoms with Crippen LogP contribution in [0.5, 0.6) is 0 Å². The zero-order valence-corrected chi connectivity index (χ0v) is 17.4. The fraction of sp³-hybridized carbons (Fsp3) is 0.300. The van der Waals surface area contributed by atoms with E-state index in [4.69, 9.17) is 21.7 Å². The number of carboxylic acids is 4. The second-order valence-corrected chi connectivity index (χ2v) is 5.91. The molecule has 2 aromatic rings. The van der Waals surface area contributed by atoms with Gasteiger partial charge in [-0.3, -0.25) is 9.59 Å². The third-order valence-electron chi connectivity index (χ3n) is 3.03. The van der Waals surface area contributed by atoms with Crippen molar-refractivity contribution in [2.45, 2.75) is 38.5 Å². The van der Waals surface area contributed by atoms with Gasteiger partial charge in [0, 0.05) is 60.4 Å². The maximum atomic E-state index is 9.77. The van der Waals surface area contributed by atoms with Crippen molar-refractivity contribution in [3.05, 3.63) is 49.1 Å². The van der Waals surface area contributed by atoms with Crippen molar-refractivity contribution < 1.29 is 49.6 Å². The number of nitrogens with two attached hydrogens (primary N) is 2. The van der Waals surface area contributed by atoms with Gasteiger partial charge < -0.3 is 41.5 Å². The van der Waals surface area contributed by atoms with Gasteiger partial charge in [-0.15, -0.1) is 0 Å². The number of carbonyl (C=O) groups is 4. The van der Waals surface area contributed by atoms with Crippen LogP contribution in [0.2, 0.25) is 0 Å². The predicted molar refractivity (Wildman–Crippen MR) is 108 cm³/mol. The monoisotopic (exact) mass is 452 g/mol. The number of H-pyrrole nitrogens is 2. The van der Waals surface area contributed by atoms with Gasteiger partial charge in [-0.05, 0) is 25.7 Å². The summed E-state index contributed by atoms with van der Waals surface area (Å²) in [7, 11) is 0. The number of nitrogen functional groups attached to an aromatic ring is 2. The summed E-state index contributed by atoms with van der Waals surface area (Å²) in [6.45, 7) is 0. The molecule has 0 unspecified atom stereocenters. The number of hydrogen-bond donors (Lipinski definition) is 4. The molecule has 0 saturated carbocycles. The van der Waals surface area contributed by atoms with Gasteiger partial charge in [0.25, 0.3) is 0 Å². The van der Waals surface area contributed by atoms with Gasteiger partial charge in [-0.1, -0.05) is 0 Å². The fourth-order valence-corrected chi connectivity index (χ4v) is 1.57. The molecule has 12 heteroatoms. The van der Waals surface area contributed by atoms with Crippen LogP contribution in [0.25, 0.3) is 0 Å². The fourth-order valence-electron chi connectivity index (χ4n) is 1.57. The number of nitrogens with one attached hydrogen (secondary N) is 2. The standard InChI is InChI=1S/2C5H6N2.2C5H8O4/c2*6-5-1-3-7-4-2-5;2*6-4(7)2-1-3-5(8)9/h2*1-4H,(H2,6,7);2*1-3H2,(H,6,7)(H,8,9). The van der Waals surface area contributed by atoms with Crippen molar-refractivity contribution in [1.29, 1.82) is 0 Å². The molecule has 0 amide bonds. The van der Waals surface area contributed by atoms with Crippen LogP contribution in [0.1, 0.15) is 38.5 Å². The van der Waals surface area contributed by atoms with Gasteiger partial charge in [0.15, 0.2) is 24.8 Å². The number of aromatic nitrogens is 2. The molecule has 2 heterocycles. The first-order chi connectivity index (χ1) is 15.0. The molecule has 0 aliphatic rings. The molecule has 0 aliphatic heterocycles. The van der Waals surface area contributed by atoms with Gasteiger partial charge in [0.2, 0.25) is 0 Å². The number of anilines is 2. The molecule has 0 aliphatic carbocycles. The number of carbonyl (C=O) groups excluding carboxylic acids is 2. The second-order valence-electron chi connectivity index (χ2n) is 5.91. The molecule has 0 saturated heterocycles. The van der Waals surface area contributed by atoms with Crippen LogP contribution in [0, 0.1) is 0 Å². The van der Waals surface area contributed by atoms with Crippen LogP contribution in [-0.2, 0) is 19.2 Å². The minimum atomic E-state index is -1.20. The lowest BCUT2D eigenvalue weighted by Gasteiger charge is -1.96. The lowest BCUT2D eigenvalue weighted by atomic mass is 10.2. The molecular weight excluding hydrogens is 424 g/mol. The largest absolute Gasteiger partial charge is 0.550 e. The van der Waals surface area contributed by atoms with Crippen LogP contribution in [0.15, 0.2) is 49.1 Å². The van der Waals surface area contributed by atoms with Crippen molar-refractivity contribution in [3.8, 4) is 0 Å². The summed E-state index contributed by atoms with van der Waals surface area (Å²) in [5, 5.41) is 35.4. The van der Waals surface area contributed by atoms with Crippen LogP contribution in [0.4, 0.5) is 11.4 Å². The van der Waals surface area contributed by atoms with Gasteiger partial charge in [0.1, 0.15) is 0 Å². The highest BCUT2D eigenvalue weighted by molar-refractivity contribution is 5.69. The second kappa shape index (κ2) is 20.1. The molecule has 0 bridgehead atoms. The van der Waals surface area contributed by atoms with Crippen molar-refractivity contribution in [1.82, 2.24) is 0 Å². The third-order valence-corrected chi connectivity index (χ3v) is 3.03. The highest BCUT2D eigenvalue weighted by Crippen LogP contribution is 1.93. The molecule has 32 heavy (non-hydrogen) atoms. The lowest BCUT2D eigenvalue weighted by Crippen LogP contribution is -2.21. The van der Waals surface area contributed by atoms with E-state index in [1.54, 1.807) is 49.1 Å². The van der Waals surface area contributed by atoms with E-state index in [0.717, 1.165) is 11.4 Å². The molecular formula is C20H28N4O8. The highest BCUT2D eigenvalue weighted by atomic mass is 16.4. The van der Waals surface area contributed by atoms with Crippen LogP contribution in [-0.4, -0.2) is 34.1 Å². The minimum absolute atomic E-state index is 0.103. The van der Waals surface area contributed by atoms with E-state index in [2.05, 4.69) is 9.97 Å². The van der Waals surface area contributed by atoms with Crippen molar-refractivity contribution in [3.63, 3.8) is 0 Å². The van der Waals surface area contributed by atoms with Crippen molar-refractivity contribution in [2.24, 2.45) is 0 Å². The molecule has 176 valence electrons. The van der Waals surface area contributed by atoms with E-state index in [-0.39, 0.29) is 38.5 Å². The highest BCUT2D eigenvalue weighted by Gasteiger charge is 1.95. The Morgan fingerprint density at radius 3 is 1.09 bits per heavy atom. The minimum Gasteiger partial charge on any atom is -0.550 e. The first-order valence-electron chi connectivity index (χ1n) is 9.31. The Morgan fingerprint density at radius 2 is 0.938 bits per heavy atom. The summed E-state index contributed by atoms with van der Waals surface area (Å²) in [5.41, 5.74) is 12.3. The maximum absolute atomic E-state index is 9.77. The van der Waals surface area contributed by atoms with Gasteiger partial charge in [-0.25, -0.2) is 9.97 Å². The summed E-state index contributed by atoms with van der Waals surface area (Å²) in [6, 6.07) is 7.22. The summed E-state index contributed by atoms with van der Waals surface area (Å²) in [6.07, 6.45) is 6.89. The maximum Gasteiger partial charge on any atom is 0.303 e. The van der Waals surface area contributed by atoms with Gasteiger partial charge in [-0.2, -0.15) is 0 Å². The smallest absolute Gasteiger partial charge is 0.303 e. The Morgan fingerprint density at radius 1 is 0.656 bits per heavy atom. The van der Waals surface area contributed by atoms with Crippen LogP contribution >= 0.6 is 0 Å². The summed E-state index contributed by atoms with van der Waals surface area (Å²) < 4.78 is 0. The number of carboxylic acid groups (broad SMARTS) is 4. The number of pyridine rings is 2. The summed E-state index contributed by atoms with van der Waals surface area (Å²) in [4.78, 5) is 44.6. The molecule has 0 atom stereocenters. The zero-order chi connectivity index (χ0) is 24.8. The van der Waals surface area contributed by atoms with E-state index in [9.17, 15) is 29.4 Å². The molecule has 8 N–H and O–H groups in total. The first-order valence-corrected chi connectivity index (χ1v) is 9.31. The summed E-state index contributed by atoms with van der Waals surface area (Å²) >= 11 is 0. The van der Waals surface area contributed by atoms with Crippen LogP contribution in [0.3, 0.4) is 0 Å². The quantitative estimate of drug-likeness (QED) is 0.348. The summed E-state index contributed by atoms with van der Waals surface area (Å²) in [5.74, 6) is -4.35. The Labute approximate surface area is 184 Å². The van der Waals surface area contributed by atoms with Gasteiger partial charge in [0.05, 0.1) is 0 Å². The molecule has 0 aromatic carbocycles. The molecule has 0 fully saturated rings. The zero-order valence-electron chi connectivity index (χ0n) is 17.4. The van der Waals surface area contributed by atoms with E-state index < -0.39 is 23.9 Å². The Hall–Kier alpha value is -4.22. The van der Waals surface area contributed by atoms with Crippen LogP contribution < -0.4 is 31.6 Å². The molecule has 2 aromatic heterocycles. The normalized spacial score (nSPS) is 8.75. The lowest BCUT2D eigenvalue weighted by molar-refractivity contribution is -0.378. The SMILES string of the molecule is Nc1cc[nH+]cc1.Nc1cc[nH+]cc1.O=C([O-])CCCC(=O)O.O=C([O-])CCCC(=O)O. The number of hydrogen-bond acceptors (Lipinski definition) is 8. The van der Waals surface area contributed by atoms with E-state index in [1.807, 2.05) is 0 Å². The average molecular weight is 452 g/mol. The number of aromatic amines is 2. The van der Waals surface area contributed by atoms with E-state index >= 15 is 0 Å². The van der Waals surface area contributed by atoms with E-state index in [0.29, 0.717) is 0 Å². The molecule has 0 radical (unpaired) electrons. The Bertz CT molecular complexity index is 693. The topological polar surface area (TPSA) is 235 Å².